The van der Waals surface area contributed by atoms with Crippen LogP contribution in [0.1, 0.15) is 41.5 Å². The molecule has 0 spiro atoms. The van der Waals surface area contributed by atoms with Gasteiger partial charge in [0.1, 0.15) is 0 Å². The molecular weight excluding hydrogens is 431 g/mol. The molecule has 0 aliphatic carbocycles. The maximum atomic E-state index is 6.15. The fourth-order valence-corrected chi connectivity index (χ4v) is 9.22. The van der Waals surface area contributed by atoms with E-state index in [1.807, 2.05) is 0 Å². The van der Waals surface area contributed by atoms with Gasteiger partial charge < -0.3 is 14.0 Å². The Labute approximate surface area is 197 Å². The van der Waals surface area contributed by atoms with Gasteiger partial charge in [-0.2, -0.15) is 0 Å². The van der Waals surface area contributed by atoms with Gasteiger partial charge in [0.15, 0.2) is 0 Å². The monoisotopic (exact) mass is 482 g/mol. The molecule has 0 unspecified atom stereocenters. The van der Waals surface area contributed by atoms with Crippen molar-refractivity contribution in [3.05, 3.63) is 35.3 Å². The lowest BCUT2D eigenvalue weighted by Gasteiger charge is -2.30. The standard InChI is InChI=1S/C24H51BO3Si3/c1-13-29(10,14-2)22(7)19-26-25(27-20-23(8)30(11,15-3)16-4)28-21-24(9)31(12,17-5)18-6/h7-9,13-21H2,1-6,10-12H3. The van der Waals surface area contributed by atoms with Crippen molar-refractivity contribution in [3.63, 3.8) is 0 Å². The molecule has 180 valence electrons. The first-order valence-electron chi connectivity index (χ1n) is 12.3. The van der Waals surface area contributed by atoms with E-state index >= 15 is 0 Å². The fourth-order valence-electron chi connectivity index (χ4n) is 3.42. The summed E-state index contributed by atoms with van der Waals surface area (Å²) < 4.78 is 18.5. The summed E-state index contributed by atoms with van der Waals surface area (Å²) in [6.45, 7) is 35.4. The molecule has 31 heavy (non-hydrogen) atoms. The van der Waals surface area contributed by atoms with Crippen molar-refractivity contribution in [1.29, 1.82) is 0 Å². The summed E-state index contributed by atoms with van der Waals surface area (Å²) in [6.07, 6.45) is 0. The van der Waals surface area contributed by atoms with Gasteiger partial charge in [0, 0.05) is 0 Å². The van der Waals surface area contributed by atoms with Crippen LogP contribution >= 0.6 is 0 Å². The Morgan fingerprint density at radius 1 is 0.516 bits per heavy atom. The average Bonchev–Trinajstić information content (AvgIpc) is 2.80. The third-order valence-corrected chi connectivity index (χ3v) is 23.3. The first-order valence-corrected chi connectivity index (χ1v) is 21.1. The lowest BCUT2D eigenvalue weighted by atomic mass is 10.2. The van der Waals surface area contributed by atoms with Gasteiger partial charge in [-0.25, -0.2) is 0 Å². The molecular formula is C24H51BO3Si3. The van der Waals surface area contributed by atoms with E-state index in [-0.39, 0.29) is 0 Å². The minimum absolute atomic E-state index is 0.501. The molecule has 7 heteroatoms. The highest BCUT2D eigenvalue weighted by Gasteiger charge is 2.33. The second-order valence-electron chi connectivity index (χ2n) is 9.84. The van der Waals surface area contributed by atoms with Crippen molar-refractivity contribution in [2.75, 3.05) is 19.8 Å². The van der Waals surface area contributed by atoms with E-state index in [4.69, 9.17) is 14.0 Å². The van der Waals surface area contributed by atoms with Crippen LogP contribution in [0.15, 0.2) is 35.3 Å². The number of hydrogen-bond acceptors (Lipinski definition) is 3. The molecule has 0 atom stereocenters. The van der Waals surface area contributed by atoms with Gasteiger partial charge in [0.05, 0.1) is 44.0 Å². The first kappa shape index (κ1) is 30.8. The summed E-state index contributed by atoms with van der Waals surface area (Å²) >= 11 is 0. The highest BCUT2D eigenvalue weighted by Crippen LogP contribution is 2.26. The van der Waals surface area contributed by atoms with Crippen LogP contribution in [0.4, 0.5) is 0 Å². The van der Waals surface area contributed by atoms with Crippen molar-refractivity contribution in [1.82, 2.24) is 0 Å². The van der Waals surface area contributed by atoms with Crippen molar-refractivity contribution < 1.29 is 14.0 Å². The molecule has 0 aromatic carbocycles. The van der Waals surface area contributed by atoms with E-state index in [0.29, 0.717) is 19.8 Å². The van der Waals surface area contributed by atoms with Gasteiger partial charge in [-0.15, -0.1) is 19.7 Å². The topological polar surface area (TPSA) is 27.7 Å². The largest absolute Gasteiger partial charge is 0.640 e. The Morgan fingerprint density at radius 3 is 0.871 bits per heavy atom. The van der Waals surface area contributed by atoms with Crippen molar-refractivity contribution in [3.8, 4) is 0 Å². The molecule has 0 heterocycles. The van der Waals surface area contributed by atoms with Crippen LogP contribution in [-0.2, 0) is 14.0 Å². The van der Waals surface area contributed by atoms with Crippen molar-refractivity contribution in [2.24, 2.45) is 0 Å². The molecule has 0 aromatic rings. The van der Waals surface area contributed by atoms with Gasteiger partial charge in [0.25, 0.3) is 0 Å². The molecule has 0 fully saturated rings. The van der Waals surface area contributed by atoms with Crippen molar-refractivity contribution in [2.45, 2.75) is 97.4 Å². The highest BCUT2D eigenvalue weighted by atomic mass is 28.3. The molecule has 0 aliphatic rings. The zero-order chi connectivity index (χ0) is 24.3. The van der Waals surface area contributed by atoms with E-state index in [2.05, 4.69) is 80.9 Å². The van der Waals surface area contributed by atoms with Crippen LogP contribution in [0, 0.1) is 0 Å². The third kappa shape index (κ3) is 8.93. The third-order valence-electron chi connectivity index (χ3n) is 8.42. The predicted molar refractivity (Wildman–Crippen MR) is 149 cm³/mol. The molecule has 3 nitrogen and oxygen atoms in total. The number of hydrogen-bond donors (Lipinski definition) is 0. The van der Waals surface area contributed by atoms with E-state index < -0.39 is 31.5 Å². The molecule has 0 radical (unpaired) electrons. The minimum Gasteiger partial charge on any atom is -0.382 e. The van der Waals surface area contributed by atoms with Gasteiger partial charge in [0.2, 0.25) is 0 Å². The molecule has 0 bridgehead atoms. The summed E-state index contributed by atoms with van der Waals surface area (Å²) in [5, 5.41) is 3.69. The average molecular weight is 483 g/mol. The summed E-state index contributed by atoms with van der Waals surface area (Å²) in [6, 6.07) is 7.08. The van der Waals surface area contributed by atoms with E-state index in [9.17, 15) is 0 Å². The smallest absolute Gasteiger partial charge is 0.382 e. The highest BCUT2D eigenvalue weighted by molar-refractivity contribution is 6.86. The quantitative estimate of drug-likeness (QED) is 0.188. The van der Waals surface area contributed by atoms with Crippen LogP contribution < -0.4 is 0 Å². The van der Waals surface area contributed by atoms with Crippen LogP contribution in [0.25, 0.3) is 0 Å². The Bertz CT molecular complexity index is 502. The second-order valence-corrected chi connectivity index (χ2v) is 25.6. The summed E-state index contributed by atoms with van der Waals surface area (Å²) in [7, 11) is -5.17. The Morgan fingerprint density at radius 2 is 0.710 bits per heavy atom. The maximum Gasteiger partial charge on any atom is 0.640 e. The molecule has 0 amide bonds. The van der Waals surface area contributed by atoms with Gasteiger partial charge >= 0.3 is 7.32 Å². The van der Waals surface area contributed by atoms with E-state index in [0.717, 1.165) is 0 Å². The van der Waals surface area contributed by atoms with Crippen molar-refractivity contribution >= 4 is 31.5 Å². The molecule has 0 N–H and O–H groups in total. The zero-order valence-corrected chi connectivity index (χ0v) is 25.3. The Balaban J connectivity index is 5.23. The van der Waals surface area contributed by atoms with E-state index in [1.165, 1.54) is 51.9 Å². The summed E-state index contributed by atoms with van der Waals surface area (Å²) in [5.74, 6) is 0. The Hall–Kier alpha value is -0.184. The van der Waals surface area contributed by atoms with Crippen LogP contribution in [-0.4, -0.2) is 51.4 Å². The van der Waals surface area contributed by atoms with Gasteiger partial charge in [-0.05, 0) is 0 Å². The molecule has 0 aromatic heterocycles. The van der Waals surface area contributed by atoms with Crippen LogP contribution in [0.5, 0.6) is 0 Å². The van der Waals surface area contributed by atoms with Crippen LogP contribution in [0.3, 0.4) is 0 Å². The summed E-state index contributed by atoms with van der Waals surface area (Å²) in [5.41, 5.74) is 0. The maximum absolute atomic E-state index is 6.15. The summed E-state index contributed by atoms with van der Waals surface area (Å²) in [4.78, 5) is 0. The van der Waals surface area contributed by atoms with Gasteiger partial charge in [-0.1, -0.05) is 113 Å². The molecule has 0 saturated carbocycles. The first-order chi connectivity index (χ1) is 14.4. The SMILES string of the molecule is C=C(COB(OCC(=C)[Si](C)(CC)CC)OCC(=C)[Si](C)(CC)CC)[Si](C)(CC)CC. The minimum atomic E-state index is -1.49. The van der Waals surface area contributed by atoms with Gasteiger partial charge in [-0.3, -0.25) is 0 Å². The normalized spacial score (nSPS) is 12.7. The van der Waals surface area contributed by atoms with Crippen LogP contribution in [0.2, 0.25) is 55.9 Å². The zero-order valence-electron chi connectivity index (χ0n) is 22.3. The lowest BCUT2D eigenvalue weighted by molar-refractivity contribution is 0.120. The van der Waals surface area contributed by atoms with E-state index in [1.54, 1.807) is 0 Å². The molecule has 0 rings (SSSR count). The lowest BCUT2D eigenvalue weighted by Crippen LogP contribution is -2.40. The number of rotatable bonds is 18. The Kier molecular flexibility index (Phi) is 14.1. The second kappa shape index (κ2) is 14.2. The predicted octanol–water partition coefficient (Wildman–Crippen LogP) is 7.66. The fraction of sp³-hybridized carbons (Fsp3) is 0.750. The molecule has 0 saturated heterocycles. The molecule has 0 aliphatic heterocycles.